The molecule has 0 aliphatic carbocycles. The summed E-state index contributed by atoms with van der Waals surface area (Å²) in [5.41, 5.74) is 1.82. The molecule has 3 nitrogen and oxygen atoms in total. The highest BCUT2D eigenvalue weighted by molar-refractivity contribution is 5.50. The van der Waals surface area contributed by atoms with Crippen molar-refractivity contribution in [1.29, 1.82) is 5.26 Å². The van der Waals surface area contributed by atoms with Gasteiger partial charge in [0.25, 0.3) is 0 Å². The molecule has 0 saturated carbocycles. The van der Waals surface area contributed by atoms with E-state index in [9.17, 15) is 0 Å². The van der Waals surface area contributed by atoms with Gasteiger partial charge in [-0.1, -0.05) is 19.9 Å². The van der Waals surface area contributed by atoms with Crippen molar-refractivity contribution in [1.82, 2.24) is 5.32 Å². The predicted octanol–water partition coefficient (Wildman–Crippen LogP) is 2.24. The van der Waals surface area contributed by atoms with Gasteiger partial charge in [-0.05, 0) is 37.2 Å². The molecule has 0 amide bonds. The Morgan fingerprint density at radius 2 is 2.24 bits per heavy atom. The molecule has 0 aliphatic heterocycles. The average molecular weight is 231 g/mol. The van der Waals surface area contributed by atoms with Crippen LogP contribution in [0, 0.1) is 17.2 Å². The third-order valence-corrected chi connectivity index (χ3v) is 2.74. The number of hydrogen-bond donors (Lipinski definition) is 1. The van der Waals surface area contributed by atoms with Crippen LogP contribution in [0.2, 0.25) is 0 Å². The molecule has 1 rings (SSSR count). The summed E-state index contributed by atoms with van der Waals surface area (Å²) < 4.78 is 0. The van der Waals surface area contributed by atoms with E-state index in [2.05, 4.69) is 37.2 Å². The Morgan fingerprint density at radius 1 is 1.47 bits per heavy atom. The molecule has 92 valence electrons. The van der Waals surface area contributed by atoms with Gasteiger partial charge < -0.3 is 10.2 Å². The summed E-state index contributed by atoms with van der Waals surface area (Å²) in [6.45, 7) is 7.37. The monoisotopic (exact) mass is 231 g/mol. The molecule has 0 saturated heterocycles. The van der Waals surface area contributed by atoms with Crippen LogP contribution >= 0.6 is 0 Å². The average Bonchev–Trinajstić information content (AvgIpc) is 2.36. The van der Waals surface area contributed by atoms with Gasteiger partial charge in [0.1, 0.15) is 0 Å². The minimum absolute atomic E-state index is 0.589. The van der Waals surface area contributed by atoms with Crippen LogP contribution in [0.25, 0.3) is 0 Å². The first-order valence-corrected chi connectivity index (χ1v) is 6.09. The van der Waals surface area contributed by atoms with Crippen LogP contribution in [0.5, 0.6) is 0 Å². The molecule has 0 bridgehead atoms. The smallest absolute Gasteiger partial charge is 0.0992 e. The van der Waals surface area contributed by atoms with Crippen LogP contribution in [0.3, 0.4) is 0 Å². The van der Waals surface area contributed by atoms with Gasteiger partial charge in [0.05, 0.1) is 11.6 Å². The maximum Gasteiger partial charge on any atom is 0.0992 e. The second-order valence-electron chi connectivity index (χ2n) is 4.46. The molecule has 0 heterocycles. The Balaban J connectivity index is 2.57. The molecule has 1 aromatic carbocycles. The second-order valence-corrected chi connectivity index (χ2v) is 4.46. The molecule has 1 aromatic rings. The summed E-state index contributed by atoms with van der Waals surface area (Å²) in [6.07, 6.45) is 0. The third-order valence-electron chi connectivity index (χ3n) is 2.74. The van der Waals surface area contributed by atoms with Gasteiger partial charge in [0.15, 0.2) is 0 Å². The molecule has 0 radical (unpaired) electrons. The van der Waals surface area contributed by atoms with Gasteiger partial charge >= 0.3 is 0 Å². The molecule has 1 atom stereocenters. The van der Waals surface area contributed by atoms with E-state index in [4.69, 9.17) is 5.26 Å². The molecule has 0 fully saturated rings. The predicted molar refractivity (Wildman–Crippen MR) is 72.1 cm³/mol. The number of anilines is 1. The molecule has 0 spiro atoms. The number of nitriles is 1. The zero-order valence-electron chi connectivity index (χ0n) is 10.9. The normalized spacial score (nSPS) is 11.9. The molecule has 17 heavy (non-hydrogen) atoms. The molecular formula is C14H21N3. The van der Waals surface area contributed by atoms with Crippen LogP contribution < -0.4 is 10.2 Å². The Kier molecular flexibility index (Phi) is 5.51. The van der Waals surface area contributed by atoms with Crippen molar-refractivity contribution in [3.05, 3.63) is 29.8 Å². The fraction of sp³-hybridized carbons (Fsp3) is 0.500. The van der Waals surface area contributed by atoms with E-state index in [1.54, 1.807) is 0 Å². The number of nitrogens with zero attached hydrogens (tertiary/aromatic N) is 2. The number of hydrogen-bond acceptors (Lipinski definition) is 3. The van der Waals surface area contributed by atoms with E-state index in [1.165, 1.54) is 0 Å². The fourth-order valence-electron chi connectivity index (χ4n) is 1.84. The molecular weight excluding hydrogens is 210 g/mol. The van der Waals surface area contributed by atoms with Crippen LogP contribution in [0.1, 0.15) is 19.4 Å². The zero-order chi connectivity index (χ0) is 12.7. The van der Waals surface area contributed by atoms with E-state index in [0.29, 0.717) is 11.5 Å². The van der Waals surface area contributed by atoms with Crippen LogP contribution in [0.4, 0.5) is 5.69 Å². The third kappa shape index (κ3) is 4.46. The summed E-state index contributed by atoms with van der Waals surface area (Å²) in [4.78, 5) is 2.20. The fourth-order valence-corrected chi connectivity index (χ4v) is 1.84. The summed E-state index contributed by atoms with van der Waals surface area (Å²) in [5, 5.41) is 12.2. The Hall–Kier alpha value is -1.53. The van der Waals surface area contributed by atoms with E-state index < -0.39 is 0 Å². The van der Waals surface area contributed by atoms with Crippen molar-refractivity contribution in [2.75, 3.05) is 31.6 Å². The van der Waals surface area contributed by atoms with Gasteiger partial charge in [-0.25, -0.2) is 0 Å². The Labute approximate surface area is 104 Å². The largest absolute Gasteiger partial charge is 0.374 e. The van der Waals surface area contributed by atoms with Crippen LogP contribution in [0.15, 0.2) is 24.3 Å². The second kappa shape index (κ2) is 6.93. The van der Waals surface area contributed by atoms with Crippen molar-refractivity contribution in [2.24, 2.45) is 5.92 Å². The highest BCUT2D eigenvalue weighted by Crippen LogP contribution is 2.15. The number of nitrogens with one attached hydrogen (secondary N) is 1. The molecule has 0 aromatic heterocycles. The van der Waals surface area contributed by atoms with Gasteiger partial charge in [-0.3, -0.25) is 0 Å². The van der Waals surface area contributed by atoms with Crippen molar-refractivity contribution >= 4 is 5.69 Å². The van der Waals surface area contributed by atoms with Gasteiger partial charge in [-0.15, -0.1) is 0 Å². The lowest BCUT2D eigenvalue weighted by Crippen LogP contribution is -2.30. The Bertz CT molecular complexity index is 381. The summed E-state index contributed by atoms with van der Waals surface area (Å²) in [5.74, 6) is 0.589. The zero-order valence-corrected chi connectivity index (χ0v) is 10.9. The molecule has 1 N–H and O–H groups in total. The van der Waals surface area contributed by atoms with Crippen molar-refractivity contribution in [3.63, 3.8) is 0 Å². The minimum atomic E-state index is 0.589. The highest BCUT2D eigenvalue weighted by Gasteiger charge is 2.07. The maximum absolute atomic E-state index is 8.86. The number of benzene rings is 1. The first-order chi connectivity index (χ1) is 8.17. The first kappa shape index (κ1) is 13.5. The van der Waals surface area contributed by atoms with Crippen molar-refractivity contribution in [2.45, 2.75) is 13.8 Å². The number of rotatable bonds is 6. The van der Waals surface area contributed by atoms with Gasteiger partial charge in [-0.2, -0.15) is 5.26 Å². The van der Waals surface area contributed by atoms with E-state index >= 15 is 0 Å². The quantitative estimate of drug-likeness (QED) is 0.816. The van der Waals surface area contributed by atoms with Crippen molar-refractivity contribution in [3.8, 4) is 6.07 Å². The lowest BCUT2D eigenvalue weighted by atomic mass is 10.1. The molecule has 3 heteroatoms. The lowest BCUT2D eigenvalue weighted by Gasteiger charge is -2.23. The van der Waals surface area contributed by atoms with Crippen molar-refractivity contribution < 1.29 is 0 Å². The maximum atomic E-state index is 8.86. The Morgan fingerprint density at radius 3 is 2.88 bits per heavy atom. The summed E-state index contributed by atoms with van der Waals surface area (Å²) >= 11 is 0. The highest BCUT2D eigenvalue weighted by atomic mass is 15.1. The summed E-state index contributed by atoms with van der Waals surface area (Å²) in [6, 6.07) is 9.91. The molecule has 1 unspecified atom stereocenters. The standard InChI is InChI=1S/C14H21N3/c1-4-16-10-12(2)11-17(3)14-7-5-6-13(8-14)9-15/h5-8,12,16H,4,10-11H2,1-3H3. The van der Waals surface area contributed by atoms with Crippen LogP contribution in [-0.2, 0) is 0 Å². The first-order valence-electron chi connectivity index (χ1n) is 6.09. The summed E-state index contributed by atoms with van der Waals surface area (Å²) in [7, 11) is 2.07. The van der Waals surface area contributed by atoms with Gasteiger partial charge in [0, 0.05) is 19.3 Å². The lowest BCUT2D eigenvalue weighted by molar-refractivity contribution is 0.523. The van der Waals surface area contributed by atoms with Crippen LogP contribution in [-0.4, -0.2) is 26.7 Å². The minimum Gasteiger partial charge on any atom is -0.374 e. The van der Waals surface area contributed by atoms with E-state index in [1.807, 2.05) is 24.3 Å². The topological polar surface area (TPSA) is 39.1 Å². The SMILES string of the molecule is CCNCC(C)CN(C)c1cccc(C#N)c1. The van der Waals surface area contributed by atoms with Gasteiger partial charge in [0.2, 0.25) is 0 Å². The molecule has 0 aliphatic rings. The van der Waals surface area contributed by atoms with E-state index in [0.717, 1.165) is 25.3 Å². The van der Waals surface area contributed by atoms with E-state index in [-0.39, 0.29) is 0 Å².